The molecule has 0 fully saturated rings. The summed E-state index contributed by atoms with van der Waals surface area (Å²) in [6.45, 7) is 2.44. The Morgan fingerprint density at radius 1 is 1.06 bits per heavy atom. The molecule has 170 valence electrons. The first-order valence-electron chi connectivity index (χ1n) is 11.0. The number of thioether (sulfide) groups is 1. The van der Waals surface area contributed by atoms with Gasteiger partial charge in [-0.05, 0) is 35.7 Å². The number of nitrogens with zero attached hydrogens (tertiary/aromatic N) is 3. The van der Waals surface area contributed by atoms with Crippen LogP contribution in [0.4, 0.5) is 5.69 Å². The van der Waals surface area contributed by atoms with Crippen LogP contribution in [0.3, 0.4) is 0 Å². The summed E-state index contributed by atoms with van der Waals surface area (Å²) in [5.74, 6) is 0.00817. The first-order valence-corrected chi connectivity index (χ1v) is 12.8. The summed E-state index contributed by atoms with van der Waals surface area (Å²) in [5, 5.41) is 4.37. The van der Waals surface area contributed by atoms with E-state index in [9.17, 15) is 9.59 Å². The first kappa shape index (κ1) is 22.3. The predicted octanol–water partition coefficient (Wildman–Crippen LogP) is 5.35. The summed E-state index contributed by atoms with van der Waals surface area (Å²) in [7, 11) is 0. The molecule has 8 heteroatoms. The standard InChI is InChI=1S/C26H22N4O2S2/c1-2-18-11-6-7-13-20(18)28-21(31)16-33-26-29-22-19-12-8-14-27-24(19)34-23(22)25(32)30(26)15-17-9-4-3-5-10-17/h3-14H,2,15-16H2,1H3,(H,28,31). The van der Waals surface area contributed by atoms with Crippen molar-refractivity contribution in [2.45, 2.75) is 25.0 Å². The molecule has 1 amide bonds. The largest absolute Gasteiger partial charge is 0.325 e. The molecule has 0 unspecified atom stereocenters. The van der Waals surface area contributed by atoms with Crippen molar-refractivity contribution in [1.82, 2.24) is 14.5 Å². The molecule has 0 saturated heterocycles. The molecule has 5 rings (SSSR count). The number of carbonyl (C=O) groups is 1. The average molecular weight is 487 g/mol. The van der Waals surface area contributed by atoms with E-state index < -0.39 is 0 Å². The maximum absolute atomic E-state index is 13.5. The molecule has 0 saturated carbocycles. The lowest BCUT2D eigenvalue weighted by Crippen LogP contribution is -2.24. The average Bonchev–Trinajstić information content (AvgIpc) is 3.24. The normalized spacial score (nSPS) is 11.2. The molecular formula is C26H22N4O2S2. The molecule has 0 atom stereocenters. The summed E-state index contributed by atoms with van der Waals surface area (Å²) in [5.41, 5.74) is 3.42. The number of nitrogens with one attached hydrogen (secondary N) is 1. The Morgan fingerprint density at radius 3 is 2.68 bits per heavy atom. The van der Waals surface area contributed by atoms with Crippen molar-refractivity contribution in [2.75, 3.05) is 11.1 Å². The number of pyridine rings is 1. The second-order valence-electron chi connectivity index (χ2n) is 7.75. The van der Waals surface area contributed by atoms with Crippen LogP contribution in [0.5, 0.6) is 0 Å². The van der Waals surface area contributed by atoms with Gasteiger partial charge >= 0.3 is 0 Å². The Balaban J connectivity index is 1.50. The Bertz CT molecular complexity index is 1540. The van der Waals surface area contributed by atoms with E-state index in [0.29, 0.717) is 21.9 Å². The topological polar surface area (TPSA) is 76.9 Å². The molecule has 3 heterocycles. The molecule has 3 aromatic heterocycles. The smallest absolute Gasteiger partial charge is 0.272 e. The van der Waals surface area contributed by atoms with E-state index >= 15 is 0 Å². The van der Waals surface area contributed by atoms with Gasteiger partial charge in [-0.2, -0.15) is 0 Å². The molecule has 0 bridgehead atoms. The van der Waals surface area contributed by atoms with E-state index in [0.717, 1.165) is 33.5 Å². The number of para-hydroxylation sites is 1. The van der Waals surface area contributed by atoms with Crippen LogP contribution in [-0.2, 0) is 17.8 Å². The van der Waals surface area contributed by atoms with Gasteiger partial charge < -0.3 is 5.32 Å². The SMILES string of the molecule is CCc1ccccc1NC(=O)CSc1nc2c(sc3ncccc32)c(=O)n1Cc1ccccc1. The molecule has 0 aliphatic carbocycles. The van der Waals surface area contributed by atoms with Crippen LogP contribution in [0.25, 0.3) is 20.4 Å². The fraction of sp³-hybridized carbons (Fsp3) is 0.154. The predicted molar refractivity (Wildman–Crippen MR) is 140 cm³/mol. The van der Waals surface area contributed by atoms with Crippen LogP contribution in [0, 0.1) is 0 Å². The summed E-state index contributed by atoms with van der Waals surface area (Å²) < 4.78 is 2.24. The quantitative estimate of drug-likeness (QED) is 0.248. The molecule has 0 aliphatic heterocycles. The number of hydrogen-bond donors (Lipinski definition) is 1. The number of benzene rings is 2. The summed E-state index contributed by atoms with van der Waals surface area (Å²) in [4.78, 5) is 36.3. The fourth-order valence-corrected chi connectivity index (χ4v) is 5.65. The second kappa shape index (κ2) is 9.79. The van der Waals surface area contributed by atoms with Crippen molar-refractivity contribution >= 4 is 55.1 Å². The number of thiophene rings is 1. The van der Waals surface area contributed by atoms with Crippen molar-refractivity contribution in [3.05, 3.63) is 94.4 Å². The summed E-state index contributed by atoms with van der Waals surface area (Å²) >= 11 is 2.63. The summed E-state index contributed by atoms with van der Waals surface area (Å²) in [6, 6.07) is 21.3. The zero-order valence-electron chi connectivity index (χ0n) is 18.5. The van der Waals surface area contributed by atoms with Gasteiger partial charge in [0.05, 0.1) is 17.8 Å². The number of rotatable bonds is 7. The highest BCUT2D eigenvalue weighted by Crippen LogP contribution is 2.30. The lowest BCUT2D eigenvalue weighted by Gasteiger charge is -2.13. The number of carbonyl (C=O) groups excluding carboxylic acids is 1. The van der Waals surface area contributed by atoms with Gasteiger partial charge in [0.15, 0.2) is 5.16 Å². The molecule has 2 aromatic carbocycles. The molecule has 34 heavy (non-hydrogen) atoms. The summed E-state index contributed by atoms with van der Waals surface area (Å²) in [6.07, 6.45) is 2.55. The minimum atomic E-state index is -0.136. The highest BCUT2D eigenvalue weighted by atomic mass is 32.2. The second-order valence-corrected chi connectivity index (χ2v) is 9.70. The third kappa shape index (κ3) is 4.47. The van der Waals surface area contributed by atoms with Crippen LogP contribution in [0.15, 0.2) is 82.9 Å². The van der Waals surface area contributed by atoms with Gasteiger partial charge in [0, 0.05) is 17.3 Å². The van der Waals surface area contributed by atoms with Gasteiger partial charge in [-0.15, -0.1) is 11.3 Å². The van der Waals surface area contributed by atoms with Gasteiger partial charge in [-0.3, -0.25) is 14.2 Å². The number of hydrogen-bond acceptors (Lipinski definition) is 6. The zero-order valence-corrected chi connectivity index (χ0v) is 20.2. The lowest BCUT2D eigenvalue weighted by atomic mass is 10.1. The molecule has 6 nitrogen and oxygen atoms in total. The minimum Gasteiger partial charge on any atom is -0.325 e. The van der Waals surface area contributed by atoms with Crippen molar-refractivity contribution in [3.8, 4) is 0 Å². The van der Waals surface area contributed by atoms with Gasteiger partial charge in [0.1, 0.15) is 9.53 Å². The Kier molecular flexibility index (Phi) is 6.42. The van der Waals surface area contributed by atoms with Gasteiger partial charge in [0.25, 0.3) is 5.56 Å². The van der Waals surface area contributed by atoms with E-state index in [1.807, 2.05) is 66.7 Å². The maximum atomic E-state index is 13.5. The zero-order chi connectivity index (χ0) is 23.5. The highest BCUT2D eigenvalue weighted by molar-refractivity contribution is 7.99. The number of amides is 1. The van der Waals surface area contributed by atoms with Gasteiger partial charge in [-0.25, -0.2) is 9.97 Å². The van der Waals surface area contributed by atoms with E-state index in [1.54, 1.807) is 10.8 Å². The third-order valence-corrected chi connectivity index (χ3v) is 7.57. The first-order chi connectivity index (χ1) is 16.6. The minimum absolute atomic E-state index is 0.115. The lowest BCUT2D eigenvalue weighted by molar-refractivity contribution is -0.113. The van der Waals surface area contributed by atoms with Crippen LogP contribution in [0.2, 0.25) is 0 Å². The van der Waals surface area contributed by atoms with Crippen molar-refractivity contribution in [3.63, 3.8) is 0 Å². The van der Waals surface area contributed by atoms with Crippen LogP contribution in [-0.4, -0.2) is 26.2 Å². The van der Waals surface area contributed by atoms with E-state index in [2.05, 4.69) is 17.2 Å². The Hall–Kier alpha value is -3.49. The van der Waals surface area contributed by atoms with E-state index in [1.165, 1.54) is 23.1 Å². The number of aromatic nitrogens is 3. The van der Waals surface area contributed by atoms with E-state index in [-0.39, 0.29) is 17.2 Å². The number of fused-ring (bicyclic) bond motifs is 3. The fourth-order valence-electron chi connectivity index (χ4n) is 3.82. The van der Waals surface area contributed by atoms with Crippen LogP contribution >= 0.6 is 23.1 Å². The molecule has 0 aliphatic rings. The Morgan fingerprint density at radius 2 is 1.85 bits per heavy atom. The highest BCUT2D eigenvalue weighted by Gasteiger charge is 2.18. The molecule has 0 spiro atoms. The van der Waals surface area contributed by atoms with Crippen LogP contribution in [0.1, 0.15) is 18.1 Å². The number of aryl methyl sites for hydroxylation is 1. The van der Waals surface area contributed by atoms with Crippen molar-refractivity contribution in [2.24, 2.45) is 0 Å². The van der Waals surface area contributed by atoms with Crippen molar-refractivity contribution < 1.29 is 4.79 Å². The molecule has 1 N–H and O–H groups in total. The molecular weight excluding hydrogens is 464 g/mol. The molecule has 0 radical (unpaired) electrons. The van der Waals surface area contributed by atoms with Gasteiger partial charge in [0.2, 0.25) is 5.91 Å². The van der Waals surface area contributed by atoms with Gasteiger partial charge in [-0.1, -0.05) is 67.2 Å². The van der Waals surface area contributed by atoms with E-state index in [4.69, 9.17) is 4.98 Å². The van der Waals surface area contributed by atoms with Crippen molar-refractivity contribution in [1.29, 1.82) is 0 Å². The molecule has 5 aromatic rings. The maximum Gasteiger partial charge on any atom is 0.272 e. The third-order valence-electron chi connectivity index (χ3n) is 5.51. The monoisotopic (exact) mass is 486 g/mol. The number of anilines is 1. The Labute approximate surface area is 204 Å². The van der Waals surface area contributed by atoms with Crippen LogP contribution < -0.4 is 10.9 Å².